The van der Waals surface area contributed by atoms with Gasteiger partial charge in [-0.15, -0.1) is 0 Å². The van der Waals surface area contributed by atoms with Crippen molar-refractivity contribution in [2.24, 2.45) is 0 Å². The fourth-order valence-corrected chi connectivity index (χ4v) is 1.37. The monoisotopic (exact) mass is 206 g/mol. The third-order valence-electron chi connectivity index (χ3n) is 2.23. The van der Waals surface area contributed by atoms with Crippen LogP contribution in [0.1, 0.15) is 18.5 Å². The summed E-state index contributed by atoms with van der Waals surface area (Å²) in [5.74, 6) is -0.348. The number of hydrogen-bond acceptors (Lipinski definition) is 3. The standard InChI is InChI=1S/C10H11FN4/c1-7(15-6-10(12)5-14-15)8-2-9(11)4-13-3-8/h2-7H,12H2,1H3. The predicted octanol–water partition coefficient (Wildman–Crippen LogP) is 1.61. The molecule has 0 aliphatic heterocycles. The fourth-order valence-electron chi connectivity index (χ4n) is 1.37. The van der Waals surface area contributed by atoms with Crippen molar-refractivity contribution < 1.29 is 4.39 Å². The molecule has 0 saturated carbocycles. The van der Waals surface area contributed by atoms with E-state index in [0.29, 0.717) is 5.69 Å². The van der Waals surface area contributed by atoms with Gasteiger partial charge in [-0.2, -0.15) is 5.10 Å². The van der Waals surface area contributed by atoms with Crippen LogP contribution in [0.3, 0.4) is 0 Å². The number of halogens is 1. The maximum absolute atomic E-state index is 12.9. The molecular weight excluding hydrogens is 195 g/mol. The Morgan fingerprint density at radius 1 is 1.40 bits per heavy atom. The van der Waals surface area contributed by atoms with Gasteiger partial charge in [-0.05, 0) is 18.6 Å². The summed E-state index contributed by atoms with van der Waals surface area (Å²) in [5, 5.41) is 4.06. The number of pyridine rings is 1. The smallest absolute Gasteiger partial charge is 0.141 e. The van der Waals surface area contributed by atoms with Crippen LogP contribution in [-0.2, 0) is 0 Å². The average molecular weight is 206 g/mol. The van der Waals surface area contributed by atoms with Crippen molar-refractivity contribution in [3.63, 3.8) is 0 Å². The molecule has 0 fully saturated rings. The molecule has 4 nitrogen and oxygen atoms in total. The summed E-state index contributed by atoms with van der Waals surface area (Å²) >= 11 is 0. The third kappa shape index (κ3) is 1.96. The molecule has 0 aromatic carbocycles. The molecule has 0 bridgehead atoms. The van der Waals surface area contributed by atoms with Crippen molar-refractivity contribution in [3.05, 3.63) is 42.2 Å². The maximum atomic E-state index is 12.9. The second-order valence-electron chi connectivity index (χ2n) is 3.37. The third-order valence-corrected chi connectivity index (χ3v) is 2.23. The van der Waals surface area contributed by atoms with Crippen LogP contribution < -0.4 is 5.73 Å². The molecule has 2 heterocycles. The highest BCUT2D eigenvalue weighted by atomic mass is 19.1. The van der Waals surface area contributed by atoms with E-state index in [0.717, 1.165) is 5.56 Å². The summed E-state index contributed by atoms with van der Waals surface area (Å²) in [4.78, 5) is 3.79. The Kier molecular flexibility index (Phi) is 2.37. The zero-order valence-electron chi connectivity index (χ0n) is 8.26. The first kappa shape index (κ1) is 9.64. The van der Waals surface area contributed by atoms with Crippen LogP contribution in [0.4, 0.5) is 10.1 Å². The first-order valence-electron chi connectivity index (χ1n) is 4.57. The van der Waals surface area contributed by atoms with Gasteiger partial charge in [-0.25, -0.2) is 4.39 Å². The lowest BCUT2D eigenvalue weighted by atomic mass is 10.1. The molecular formula is C10H11FN4. The van der Waals surface area contributed by atoms with Crippen molar-refractivity contribution >= 4 is 5.69 Å². The largest absolute Gasteiger partial charge is 0.396 e. The summed E-state index contributed by atoms with van der Waals surface area (Å²) in [6.07, 6.45) is 6.05. The van der Waals surface area contributed by atoms with Crippen LogP contribution in [0, 0.1) is 5.82 Å². The van der Waals surface area contributed by atoms with E-state index in [4.69, 9.17) is 5.73 Å². The maximum Gasteiger partial charge on any atom is 0.141 e. The van der Waals surface area contributed by atoms with Gasteiger partial charge in [-0.3, -0.25) is 9.67 Å². The molecule has 0 amide bonds. The first-order chi connectivity index (χ1) is 7.16. The number of aromatic nitrogens is 3. The lowest BCUT2D eigenvalue weighted by molar-refractivity contribution is 0.552. The first-order valence-corrected chi connectivity index (χ1v) is 4.57. The average Bonchev–Trinajstić information content (AvgIpc) is 2.64. The number of anilines is 1. The molecule has 0 saturated heterocycles. The summed E-state index contributed by atoms with van der Waals surface area (Å²) in [6.45, 7) is 1.91. The van der Waals surface area contributed by atoms with Gasteiger partial charge in [0.25, 0.3) is 0 Å². The second kappa shape index (κ2) is 3.68. The SMILES string of the molecule is CC(c1cncc(F)c1)n1cc(N)cn1. The zero-order valence-corrected chi connectivity index (χ0v) is 8.26. The Labute approximate surface area is 86.6 Å². The highest BCUT2D eigenvalue weighted by Crippen LogP contribution is 2.17. The van der Waals surface area contributed by atoms with Crippen molar-refractivity contribution in [1.82, 2.24) is 14.8 Å². The van der Waals surface area contributed by atoms with Gasteiger partial charge in [0.1, 0.15) is 5.82 Å². The zero-order chi connectivity index (χ0) is 10.8. The van der Waals surface area contributed by atoms with Gasteiger partial charge in [0.2, 0.25) is 0 Å². The number of nitrogen functional groups attached to an aromatic ring is 1. The molecule has 5 heteroatoms. The highest BCUT2D eigenvalue weighted by Gasteiger charge is 2.09. The molecule has 15 heavy (non-hydrogen) atoms. The van der Waals surface area contributed by atoms with E-state index in [9.17, 15) is 4.39 Å². The number of nitrogens with zero attached hydrogens (tertiary/aromatic N) is 3. The summed E-state index contributed by atoms with van der Waals surface area (Å²) in [6, 6.07) is 1.36. The van der Waals surface area contributed by atoms with E-state index in [2.05, 4.69) is 10.1 Å². The van der Waals surface area contributed by atoms with Crippen LogP contribution >= 0.6 is 0 Å². The van der Waals surface area contributed by atoms with Gasteiger partial charge in [-0.1, -0.05) is 0 Å². The number of hydrogen-bond donors (Lipinski definition) is 1. The normalized spacial score (nSPS) is 12.7. The molecule has 2 N–H and O–H groups in total. The van der Waals surface area contributed by atoms with Crippen LogP contribution in [0.2, 0.25) is 0 Å². The van der Waals surface area contributed by atoms with E-state index in [1.807, 2.05) is 6.92 Å². The molecule has 0 aliphatic rings. The van der Waals surface area contributed by atoms with E-state index in [1.54, 1.807) is 23.3 Å². The molecule has 2 aromatic rings. The van der Waals surface area contributed by atoms with Gasteiger partial charge in [0.15, 0.2) is 0 Å². The van der Waals surface area contributed by atoms with Crippen molar-refractivity contribution in [2.75, 3.05) is 5.73 Å². The lowest BCUT2D eigenvalue weighted by Gasteiger charge is -2.11. The highest BCUT2D eigenvalue weighted by molar-refractivity contribution is 5.31. The summed E-state index contributed by atoms with van der Waals surface area (Å²) in [5.41, 5.74) is 6.90. The molecule has 0 aliphatic carbocycles. The van der Waals surface area contributed by atoms with Crippen molar-refractivity contribution in [1.29, 1.82) is 0 Å². The predicted molar refractivity (Wildman–Crippen MR) is 54.6 cm³/mol. The lowest BCUT2D eigenvalue weighted by Crippen LogP contribution is -2.07. The minimum Gasteiger partial charge on any atom is -0.396 e. The van der Waals surface area contributed by atoms with Gasteiger partial charge in [0, 0.05) is 12.4 Å². The van der Waals surface area contributed by atoms with Gasteiger partial charge < -0.3 is 5.73 Å². The van der Waals surface area contributed by atoms with E-state index in [1.165, 1.54) is 12.3 Å². The minimum absolute atomic E-state index is 0.0782. The molecule has 0 radical (unpaired) electrons. The van der Waals surface area contributed by atoms with E-state index >= 15 is 0 Å². The second-order valence-corrected chi connectivity index (χ2v) is 3.37. The molecule has 1 atom stereocenters. The molecule has 1 unspecified atom stereocenters. The molecule has 2 aromatic heterocycles. The van der Waals surface area contributed by atoms with Gasteiger partial charge in [0.05, 0.1) is 24.1 Å². The van der Waals surface area contributed by atoms with Crippen LogP contribution in [0.25, 0.3) is 0 Å². The van der Waals surface area contributed by atoms with E-state index < -0.39 is 0 Å². The number of nitrogens with two attached hydrogens (primary N) is 1. The Bertz CT molecular complexity index is 466. The van der Waals surface area contributed by atoms with Crippen LogP contribution in [0.5, 0.6) is 0 Å². The molecule has 2 rings (SSSR count). The van der Waals surface area contributed by atoms with Crippen LogP contribution in [-0.4, -0.2) is 14.8 Å². The summed E-state index contributed by atoms with van der Waals surface area (Å²) < 4.78 is 14.6. The molecule has 78 valence electrons. The minimum atomic E-state index is -0.348. The van der Waals surface area contributed by atoms with Crippen molar-refractivity contribution in [2.45, 2.75) is 13.0 Å². The number of rotatable bonds is 2. The Morgan fingerprint density at radius 2 is 2.20 bits per heavy atom. The Morgan fingerprint density at radius 3 is 2.80 bits per heavy atom. The summed E-state index contributed by atoms with van der Waals surface area (Å²) in [7, 11) is 0. The van der Waals surface area contributed by atoms with Crippen molar-refractivity contribution in [3.8, 4) is 0 Å². The van der Waals surface area contributed by atoms with E-state index in [-0.39, 0.29) is 11.9 Å². The quantitative estimate of drug-likeness (QED) is 0.812. The van der Waals surface area contributed by atoms with Gasteiger partial charge >= 0.3 is 0 Å². The Hall–Kier alpha value is -1.91. The fraction of sp³-hybridized carbons (Fsp3) is 0.200. The topological polar surface area (TPSA) is 56.7 Å². The van der Waals surface area contributed by atoms with Crippen LogP contribution in [0.15, 0.2) is 30.9 Å². The Balaban J connectivity index is 2.32. The molecule has 0 spiro atoms.